The Bertz CT molecular complexity index is 765. The normalized spacial score (nSPS) is 11.4. The second-order valence-corrected chi connectivity index (χ2v) is 5.88. The number of hydrogen-bond donors (Lipinski definition) is 0. The van der Waals surface area contributed by atoms with Gasteiger partial charge in [-0.1, -0.05) is 0 Å². The first-order valence-corrected chi connectivity index (χ1v) is 7.99. The van der Waals surface area contributed by atoms with Crippen molar-refractivity contribution in [3.8, 4) is 0 Å². The predicted molar refractivity (Wildman–Crippen MR) is 84.5 cm³/mol. The van der Waals surface area contributed by atoms with Crippen LogP contribution in [0.3, 0.4) is 0 Å². The minimum atomic E-state index is 0.519. The minimum absolute atomic E-state index is 0.519. The number of rotatable bonds is 5. The molecule has 0 unspecified atom stereocenters. The second-order valence-electron chi connectivity index (χ2n) is 4.58. The van der Waals surface area contributed by atoms with E-state index in [0.717, 1.165) is 33.8 Å². The van der Waals surface area contributed by atoms with E-state index in [-0.39, 0.29) is 0 Å². The van der Waals surface area contributed by atoms with Crippen molar-refractivity contribution >= 4 is 38.7 Å². The SMILES string of the molecule is CCn1cnnc1Cn1c(CCCl)nc2cc(Br)cnc21. The van der Waals surface area contributed by atoms with Gasteiger partial charge < -0.3 is 9.13 Å². The van der Waals surface area contributed by atoms with Crippen LogP contribution in [0.5, 0.6) is 0 Å². The van der Waals surface area contributed by atoms with E-state index in [0.29, 0.717) is 18.8 Å². The molecule has 0 aromatic carbocycles. The van der Waals surface area contributed by atoms with E-state index in [1.54, 1.807) is 12.5 Å². The van der Waals surface area contributed by atoms with Crippen LogP contribution in [0.4, 0.5) is 0 Å². The average Bonchev–Trinajstić information content (AvgIpc) is 3.04. The van der Waals surface area contributed by atoms with Gasteiger partial charge in [0.05, 0.1) is 6.54 Å². The smallest absolute Gasteiger partial charge is 0.160 e. The van der Waals surface area contributed by atoms with Gasteiger partial charge in [-0.25, -0.2) is 9.97 Å². The molecule has 3 aromatic heterocycles. The first-order chi connectivity index (χ1) is 10.2. The van der Waals surface area contributed by atoms with Crippen LogP contribution in [0.25, 0.3) is 11.2 Å². The number of aryl methyl sites for hydroxylation is 2. The Balaban J connectivity index is 2.08. The van der Waals surface area contributed by atoms with Gasteiger partial charge >= 0.3 is 0 Å². The van der Waals surface area contributed by atoms with Crippen LogP contribution in [-0.2, 0) is 19.5 Å². The molecule has 3 heterocycles. The molecule has 0 saturated carbocycles. The monoisotopic (exact) mass is 368 g/mol. The van der Waals surface area contributed by atoms with E-state index in [9.17, 15) is 0 Å². The molecule has 3 rings (SSSR count). The highest BCUT2D eigenvalue weighted by Gasteiger charge is 2.14. The lowest BCUT2D eigenvalue weighted by Crippen LogP contribution is -2.11. The molecule has 0 fully saturated rings. The first-order valence-electron chi connectivity index (χ1n) is 6.66. The van der Waals surface area contributed by atoms with E-state index in [1.807, 2.05) is 10.6 Å². The molecule has 0 bridgehead atoms. The van der Waals surface area contributed by atoms with E-state index in [2.05, 4.69) is 47.6 Å². The largest absolute Gasteiger partial charge is 0.316 e. The van der Waals surface area contributed by atoms with Crippen molar-refractivity contribution < 1.29 is 0 Å². The van der Waals surface area contributed by atoms with Crippen molar-refractivity contribution in [2.24, 2.45) is 0 Å². The van der Waals surface area contributed by atoms with Crippen molar-refractivity contribution in [3.05, 3.63) is 34.7 Å². The van der Waals surface area contributed by atoms with E-state index in [1.165, 1.54) is 0 Å². The number of fused-ring (bicyclic) bond motifs is 1. The quantitative estimate of drug-likeness (QED) is 0.649. The maximum absolute atomic E-state index is 5.89. The highest BCUT2D eigenvalue weighted by atomic mass is 79.9. The van der Waals surface area contributed by atoms with Gasteiger partial charge in [0, 0.05) is 29.5 Å². The van der Waals surface area contributed by atoms with Crippen LogP contribution < -0.4 is 0 Å². The summed E-state index contributed by atoms with van der Waals surface area (Å²) in [5, 5.41) is 8.15. The Kier molecular flexibility index (Phi) is 4.21. The highest BCUT2D eigenvalue weighted by molar-refractivity contribution is 9.10. The van der Waals surface area contributed by atoms with Crippen LogP contribution in [-0.4, -0.2) is 35.2 Å². The van der Waals surface area contributed by atoms with Gasteiger partial charge in [0.1, 0.15) is 17.7 Å². The summed E-state index contributed by atoms with van der Waals surface area (Å²) in [7, 11) is 0. The first kappa shape index (κ1) is 14.5. The summed E-state index contributed by atoms with van der Waals surface area (Å²) in [5.74, 6) is 2.32. The third-order valence-electron chi connectivity index (χ3n) is 3.28. The van der Waals surface area contributed by atoms with Crippen molar-refractivity contribution in [2.75, 3.05) is 5.88 Å². The molecular formula is C13H14BrClN6. The van der Waals surface area contributed by atoms with E-state index in [4.69, 9.17) is 11.6 Å². The molecule has 0 saturated heterocycles. The summed E-state index contributed by atoms with van der Waals surface area (Å²) < 4.78 is 4.98. The zero-order valence-corrected chi connectivity index (χ0v) is 13.8. The second kappa shape index (κ2) is 6.11. The van der Waals surface area contributed by atoms with Crippen LogP contribution in [0.1, 0.15) is 18.6 Å². The molecule has 6 nitrogen and oxygen atoms in total. The minimum Gasteiger partial charge on any atom is -0.316 e. The number of aromatic nitrogens is 6. The molecule has 0 N–H and O–H groups in total. The summed E-state index contributed by atoms with van der Waals surface area (Å²) in [6.45, 7) is 3.48. The topological polar surface area (TPSA) is 61.4 Å². The third-order valence-corrected chi connectivity index (χ3v) is 3.91. The molecule has 0 atom stereocenters. The van der Waals surface area contributed by atoms with Crippen molar-refractivity contribution in [3.63, 3.8) is 0 Å². The highest BCUT2D eigenvalue weighted by Crippen LogP contribution is 2.20. The molecule has 21 heavy (non-hydrogen) atoms. The lowest BCUT2D eigenvalue weighted by molar-refractivity contribution is 0.640. The summed E-state index contributed by atoms with van der Waals surface area (Å²) in [6.07, 6.45) is 4.20. The van der Waals surface area contributed by atoms with Crippen molar-refractivity contribution in [2.45, 2.75) is 26.4 Å². The molecule has 110 valence electrons. The van der Waals surface area contributed by atoms with E-state index < -0.39 is 0 Å². The Hall–Kier alpha value is -1.47. The van der Waals surface area contributed by atoms with Gasteiger partial charge in [-0.2, -0.15) is 0 Å². The van der Waals surface area contributed by atoms with Crippen molar-refractivity contribution in [1.29, 1.82) is 0 Å². The van der Waals surface area contributed by atoms with Gasteiger partial charge in [-0.15, -0.1) is 21.8 Å². The van der Waals surface area contributed by atoms with E-state index >= 15 is 0 Å². The third kappa shape index (κ3) is 2.80. The molecule has 0 spiro atoms. The van der Waals surface area contributed by atoms with Crippen molar-refractivity contribution in [1.82, 2.24) is 29.3 Å². The molecular weight excluding hydrogens is 356 g/mol. The molecule has 8 heteroatoms. The fourth-order valence-electron chi connectivity index (χ4n) is 2.28. The Morgan fingerprint density at radius 2 is 2.19 bits per heavy atom. The maximum Gasteiger partial charge on any atom is 0.160 e. The standard InChI is InChI=1S/C13H14BrClN6/c1-2-20-8-17-19-12(20)7-21-11(3-4-15)18-10-5-9(14)6-16-13(10)21/h5-6,8H,2-4,7H2,1H3. The van der Waals surface area contributed by atoms with Crippen LogP contribution in [0.15, 0.2) is 23.1 Å². The van der Waals surface area contributed by atoms with Gasteiger partial charge in [0.15, 0.2) is 11.5 Å². The molecule has 0 aliphatic carbocycles. The van der Waals surface area contributed by atoms with Gasteiger partial charge in [0.2, 0.25) is 0 Å². The fraction of sp³-hybridized carbons (Fsp3) is 0.385. The van der Waals surface area contributed by atoms with Gasteiger partial charge in [0.25, 0.3) is 0 Å². The number of halogens is 2. The summed E-state index contributed by atoms with van der Waals surface area (Å²) in [6, 6.07) is 1.96. The molecule has 0 amide bonds. The molecule has 3 aromatic rings. The zero-order chi connectivity index (χ0) is 14.8. The predicted octanol–water partition coefficient (Wildman–Crippen LogP) is 2.63. The lowest BCUT2D eigenvalue weighted by Gasteiger charge is -2.08. The van der Waals surface area contributed by atoms with Gasteiger partial charge in [-0.05, 0) is 28.9 Å². The number of nitrogens with zero attached hydrogens (tertiary/aromatic N) is 6. The summed E-state index contributed by atoms with van der Waals surface area (Å²) >= 11 is 9.32. The lowest BCUT2D eigenvalue weighted by atomic mass is 10.4. The van der Waals surface area contributed by atoms with Crippen LogP contribution >= 0.6 is 27.5 Å². The van der Waals surface area contributed by atoms with Crippen LogP contribution in [0.2, 0.25) is 0 Å². The number of hydrogen-bond acceptors (Lipinski definition) is 4. The fourth-order valence-corrected chi connectivity index (χ4v) is 2.77. The number of pyridine rings is 1. The van der Waals surface area contributed by atoms with Crippen LogP contribution in [0, 0.1) is 0 Å². The molecule has 0 aliphatic rings. The summed E-state index contributed by atoms with van der Waals surface area (Å²) in [4.78, 5) is 9.10. The molecule has 0 aliphatic heterocycles. The Morgan fingerprint density at radius 1 is 1.33 bits per heavy atom. The number of imidazole rings is 1. The maximum atomic E-state index is 5.89. The van der Waals surface area contributed by atoms with Gasteiger partial charge in [-0.3, -0.25) is 0 Å². The average molecular weight is 370 g/mol. The Morgan fingerprint density at radius 3 is 2.95 bits per heavy atom. The summed E-state index contributed by atoms with van der Waals surface area (Å²) in [5.41, 5.74) is 1.69. The zero-order valence-electron chi connectivity index (χ0n) is 11.5. The number of alkyl halides is 1. The molecule has 0 radical (unpaired) electrons. The Labute approximate surface area is 135 Å².